The maximum atomic E-state index is 13.6. The average Bonchev–Trinajstić information content (AvgIpc) is 2.83. The number of nitrogens with one attached hydrogen (secondary N) is 1. The second kappa shape index (κ2) is 5.60. The predicted octanol–water partition coefficient (Wildman–Crippen LogP) is 2.36. The van der Waals surface area contributed by atoms with Crippen LogP contribution in [0.25, 0.3) is 0 Å². The number of halogens is 2. The number of hydrazine groups is 1. The fraction of sp³-hybridized carbons (Fsp3) is 0.250. The standard InChI is InChI=1S/C12H14BrFN4/c1-2-18-6-5-16-12(18)11(17-15)8-3-4-9(13)10(14)7-8/h3-7,11,17H,2,15H2,1H3. The van der Waals surface area contributed by atoms with Crippen LogP contribution in [-0.4, -0.2) is 9.55 Å². The minimum Gasteiger partial charge on any atom is -0.334 e. The van der Waals surface area contributed by atoms with Crippen LogP contribution in [0.4, 0.5) is 4.39 Å². The third kappa shape index (κ3) is 2.45. The molecule has 0 bridgehead atoms. The Morgan fingerprint density at radius 1 is 1.56 bits per heavy atom. The number of imidazole rings is 1. The molecule has 2 rings (SSSR count). The number of hydrogen-bond acceptors (Lipinski definition) is 3. The third-order valence-corrected chi connectivity index (χ3v) is 3.43. The summed E-state index contributed by atoms with van der Waals surface area (Å²) in [4.78, 5) is 4.27. The number of nitrogens with zero attached hydrogens (tertiary/aromatic N) is 2. The van der Waals surface area contributed by atoms with Crippen LogP contribution in [0.15, 0.2) is 35.1 Å². The topological polar surface area (TPSA) is 55.9 Å². The van der Waals surface area contributed by atoms with Crippen molar-refractivity contribution in [3.05, 3.63) is 52.3 Å². The van der Waals surface area contributed by atoms with Crippen molar-refractivity contribution in [1.29, 1.82) is 0 Å². The minimum atomic E-state index is -0.331. The highest BCUT2D eigenvalue weighted by atomic mass is 79.9. The molecule has 2 aromatic rings. The lowest BCUT2D eigenvalue weighted by molar-refractivity contribution is 0.553. The van der Waals surface area contributed by atoms with Crippen LogP contribution in [0.5, 0.6) is 0 Å². The van der Waals surface area contributed by atoms with E-state index in [1.165, 1.54) is 6.07 Å². The van der Waals surface area contributed by atoms with Crippen molar-refractivity contribution in [2.45, 2.75) is 19.5 Å². The van der Waals surface area contributed by atoms with Crippen molar-refractivity contribution in [3.63, 3.8) is 0 Å². The summed E-state index contributed by atoms with van der Waals surface area (Å²) >= 11 is 3.13. The Morgan fingerprint density at radius 2 is 2.33 bits per heavy atom. The maximum absolute atomic E-state index is 13.6. The molecule has 1 unspecified atom stereocenters. The Kier molecular flexibility index (Phi) is 4.11. The first kappa shape index (κ1) is 13.2. The van der Waals surface area contributed by atoms with E-state index in [2.05, 4.69) is 26.3 Å². The first-order chi connectivity index (χ1) is 8.67. The van der Waals surface area contributed by atoms with E-state index >= 15 is 0 Å². The van der Waals surface area contributed by atoms with Gasteiger partial charge in [-0.05, 0) is 40.5 Å². The molecule has 3 N–H and O–H groups in total. The van der Waals surface area contributed by atoms with Crippen molar-refractivity contribution >= 4 is 15.9 Å². The molecule has 0 aliphatic carbocycles. The highest BCUT2D eigenvalue weighted by molar-refractivity contribution is 9.10. The lowest BCUT2D eigenvalue weighted by Crippen LogP contribution is -2.31. The van der Waals surface area contributed by atoms with Gasteiger partial charge in [0.15, 0.2) is 0 Å². The van der Waals surface area contributed by atoms with Gasteiger partial charge in [-0.25, -0.2) is 14.8 Å². The Balaban J connectivity index is 2.42. The number of benzene rings is 1. The number of nitrogens with two attached hydrogens (primary N) is 1. The molecule has 6 heteroatoms. The van der Waals surface area contributed by atoms with Gasteiger partial charge in [-0.2, -0.15) is 0 Å². The van der Waals surface area contributed by atoms with Crippen molar-refractivity contribution in [2.75, 3.05) is 0 Å². The van der Waals surface area contributed by atoms with Crippen LogP contribution in [0.1, 0.15) is 24.4 Å². The van der Waals surface area contributed by atoms with E-state index in [0.29, 0.717) is 4.47 Å². The molecule has 1 aromatic carbocycles. The van der Waals surface area contributed by atoms with Gasteiger partial charge < -0.3 is 4.57 Å². The first-order valence-corrected chi connectivity index (χ1v) is 6.38. The van der Waals surface area contributed by atoms with Crippen LogP contribution in [0, 0.1) is 5.82 Å². The van der Waals surface area contributed by atoms with Gasteiger partial charge in [0.2, 0.25) is 0 Å². The van der Waals surface area contributed by atoms with Gasteiger partial charge in [-0.1, -0.05) is 6.07 Å². The molecule has 0 spiro atoms. The van der Waals surface area contributed by atoms with Crippen molar-refractivity contribution in [2.24, 2.45) is 5.84 Å². The fourth-order valence-electron chi connectivity index (χ4n) is 1.86. The summed E-state index contributed by atoms with van der Waals surface area (Å²) in [6, 6.07) is 4.59. The molecule has 18 heavy (non-hydrogen) atoms. The molecule has 96 valence electrons. The molecule has 0 aliphatic heterocycles. The smallest absolute Gasteiger partial charge is 0.137 e. The Hall–Kier alpha value is -1.24. The van der Waals surface area contributed by atoms with Gasteiger partial charge in [0.1, 0.15) is 17.7 Å². The second-order valence-corrected chi connectivity index (χ2v) is 4.70. The molecule has 1 aromatic heterocycles. The van der Waals surface area contributed by atoms with E-state index in [1.807, 2.05) is 23.8 Å². The highest BCUT2D eigenvalue weighted by Gasteiger charge is 2.18. The Morgan fingerprint density at radius 3 is 2.94 bits per heavy atom. The molecule has 1 atom stereocenters. The lowest BCUT2D eigenvalue weighted by Gasteiger charge is -2.17. The van der Waals surface area contributed by atoms with Crippen molar-refractivity contribution < 1.29 is 4.39 Å². The summed E-state index contributed by atoms with van der Waals surface area (Å²) in [6.45, 7) is 2.80. The van der Waals surface area contributed by atoms with Crippen molar-refractivity contribution in [1.82, 2.24) is 15.0 Å². The molecule has 1 heterocycles. The Bertz CT molecular complexity index is 541. The summed E-state index contributed by atoms with van der Waals surface area (Å²) in [5.74, 6) is 6.02. The van der Waals surface area contributed by atoms with Gasteiger partial charge in [-0.3, -0.25) is 5.84 Å². The molecule has 4 nitrogen and oxygen atoms in total. The summed E-state index contributed by atoms with van der Waals surface area (Å²) < 4.78 is 16.0. The molecule has 0 aliphatic rings. The van der Waals surface area contributed by atoms with Gasteiger partial charge in [-0.15, -0.1) is 0 Å². The highest BCUT2D eigenvalue weighted by Crippen LogP contribution is 2.24. The fourth-order valence-corrected chi connectivity index (χ4v) is 2.11. The van der Waals surface area contributed by atoms with Gasteiger partial charge in [0.25, 0.3) is 0 Å². The maximum Gasteiger partial charge on any atom is 0.137 e. The van der Waals surface area contributed by atoms with E-state index < -0.39 is 0 Å². The molecule has 0 saturated heterocycles. The quantitative estimate of drug-likeness (QED) is 0.673. The van der Waals surface area contributed by atoms with Crippen LogP contribution in [0.2, 0.25) is 0 Å². The molecule has 0 amide bonds. The minimum absolute atomic E-state index is 0.317. The number of hydrogen-bond donors (Lipinski definition) is 2. The number of aryl methyl sites for hydroxylation is 1. The van der Waals surface area contributed by atoms with Gasteiger partial charge in [0, 0.05) is 18.9 Å². The second-order valence-electron chi connectivity index (χ2n) is 3.84. The average molecular weight is 313 g/mol. The number of aromatic nitrogens is 2. The molecule has 0 fully saturated rings. The monoisotopic (exact) mass is 312 g/mol. The van der Waals surface area contributed by atoms with E-state index in [1.54, 1.807) is 12.3 Å². The largest absolute Gasteiger partial charge is 0.334 e. The first-order valence-electron chi connectivity index (χ1n) is 5.59. The lowest BCUT2D eigenvalue weighted by atomic mass is 10.1. The summed E-state index contributed by atoms with van der Waals surface area (Å²) in [5, 5.41) is 0. The SMILES string of the molecule is CCn1ccnc1C(NN)c1ccc(Br)c(F)c1. The van der Waals surface area contributed by atoms with Crippen LogP contribution in [0.3, 0.4) is 0 Å². The molecular weight excluding hydrogens is 299 g/mol. The zero-order chi connectivity index (χ0) is 13.1. The van der Waals surface area contributed by atoms with E-state index in [-0.39, 0.29) is 11.9 Å². The summed E-state index contributed by atoms with van der Waals surface area (Å²) in [6.07, 6.45) is 3.58. The third-order valence-electron chi connectivity index (χ3n) is 2.79. The van der Waals surface area contributed by atoms with E-state index in [4.69, 9.17) is 5.84 Å². The van der Waals surface area contributed by atoms with Crippen LogP contribution >= 0.6 is 15.9 Å². The molecule has 0 saturated carbocycles. The van der Waals surface area contributed by atoms with Gasteiger partial charge in [0.05, 0.1) is 4.47 Å². The van der Waals surface area contributed by atoms with E-state index in [0.717, 1.165) is 17.9 Å². The normalized spacial score (nSPS) is 12.7. The summed E-state index contributed by atoms with van der Waals surface area (Å²) in [5.41, 5.74) is 3.41. The summed E-state index contributed by atoms with van der Waals surface area (Å²) in [7, 11) is 0. The molecular formula is C12H14BrFN4. The van der Waals surface area contributed by atoms with Crippen molar-refractivity contribution in [3.8, 4) is 0 Å². The molecule has 0 radical (unpaired) electrons. The number of rotatable bonds is 4. The van der Waals surface area contributed by atoms with E-state index in [9.17, 15) is 4.39 Å². The Labute approximate surface area is 113 Å². The zero-order valence-electron chi connectivity index (χ0n) is 9.90. The zero-order valence-corrected chi connectivity index (χ0v) is 11.5. The van der Waals surface area contributed by atoms with Crippen LogP contribution < -0.4 is 11.3 Å². The predicted molar refractivity (Wildman–Crippen MR) is 71.2 cm³/mol. The van der Waals surface area contributed by atoms with Crippen LogP contribution in [-0.2, 0) is 6.54 Å². The van der Waals surface area contributed by atoms with Gasteiger partial charge >= 0.3 is 0 Å².